The summed E-state index contributed by atoms with van der Waals surface area (Å²) in [5.74, 6) is -0.651. The van der Waals surface area contributed by atoms with Crippen molar-refractivity contribution in [2.24, 2.45) is 0 Å². The zero-order valence-corrected chi connectivity index (χ0v) is 19.7. The maximum Gasteiger partial charge on any atom is 0.321 e. The van der Waals surface area contributed by atoms with E-state index in [0.29, 0.717) is 19.5 Å². The number of amides is 2. The van der Waals surface area contributed by atoms with Gasteiger partial charge in [0.05, 0.1) is 5.69 Å². The summed E-state index contributed by atoms with van der Waals surface area (Å²) in [5.41, 5.74) is 0.808. The highest BCUT2D eigenvalue weighted by atomic mass is 19.1. The minimum absolute atomic E-state index is 0.0175. The fraction of sp³-hybridized carbons (Fsp3) is 0.500. The van der Waals surface area contributed by atoms with E-state index in [2.05, 4.69) is 12.2 Å². The molecule has 0 radical (unpaired) electrons. The second-order valence-electron chi connectivity index (χ2n) is 9.06. The zero-order chi connectivity index (χ0) is 23.6. The Morgan fingerprint density at radius 3 is 2.28 bits per heavy atom. The van der Waals surface area contributed by atoms with E-state index in [0.717, 1.165) is 49.1 Å². The number of nitrogens with zero attached hydrogens (tertiary/aromatic N) is 1. The molecule has 0 atom stereocenters. The molecule has 2 amide bonds. The van der Waals surface area contributed by atoms with Crippen LogP contribution in [0.2, 0.25) is 0 Å². The number of carbonyl (C=O) groups excluding carboxylic acids is 1. The van der Waals surface area contributed by atoms with Gasteiger partial charge in [-0.05, 0) is 63.4 Å². The molecular weight excluding hydrogens is 410 g/mol. The molecule has 0 aromatic heterocycles. The Balaban J connectivity index is 1.99. The fourth-order valence-electron chi connectivity index (χ4n) is 3.35. The van der Waals surface area contributed by atoms with Gasteiger partial charge in [0.1, 0.15) is 23.0 Å². The van der Waals surface area contributed by atoms with Crippen LogP contribution < -0.4 is 10.1 Å². The van der Waals surface area contributed by atoms with Crippen molar-refractivity contribution in [3.05, 3.63) is 59.7 Å². The van der Waals surface area contributed by atoms with Crippen molar-refractivity contribution < 1.29 is 18.3 Å². The first kappa shape index (κ1) is 25.6. The van der Waals surface area contributed by atoms with Crippen LogP contribution in [0, 0.1) is 11.6 Å². The van der Waals surface area contributed by atoms with Crippen molar-refractivity contribution in [3.8, 4) is 5.75 Å². The number of anilines is 1. The number of benzene rings is 2. The molecule has 0 bridgehead atoms. The normalized spacial score (nSPS) is 11.3. The first-order valence-electron chi connectivity index (χ1n) is 11.5. The van der Waals surface area contributed by atoms with Crippen LogP contribution >= 0.6 is 0 Å². The van der Waals surface area contributed by atoms with Crippen LogP contribution in [-0.2, 0) is 6.42 Å². The number of hydrogen-bond donors (Lipinski definition) is 1. The van der Waals surface area contributed by atoms with Gasteiger partial charge in [0.25, 0.3) is 0 Å². The van der Waals surface area contributed by atoms with Gasteiger partial charge < -0.3 is 15.0 Å². The Morgan fingerprint density at radius 2 is 1.66 bits per heavy atom. The third-order valence-corrected chi connectivity index (χ3v) is 5.01. The van der Waals surface area contributed by atoms with Crippen LogP contribution in [0.4, 0.5) is 19.3 Å². The quantitative estimate of drug-likeness (QED) is 0.371. The molecule has 4 nitrogen and oxygen atoms in total. The second kappa shape index (κ2) is 12.4. The second-order valence-corrected chi connectivity index (χ2v) is 9.06. The van der Waals surface area contributed by atoms with Crippen molar-refractivity contribution in [3.63, 3.8) is 0 Å². The fourth-order valence-corrected chi connectivity index (χ4v) is 3.35. The molecule has 0 spiro atoms. The molecule has 32 heavy (non-hydrogen) atoms. The van der Waals surface area contributed by atoms with Gasteiger partial charge in [0, 0.05) is 19.2 Å². The highest BCUT2D eigenvalue weighted by Gasteiger charge is 2.16. The Morgan fingerprint density at radius 1 is 0.969 bits per heavy atom. The van der Waals surface area contributed by atoms with Crippen LogP contribution in [0.5, 0.6) is 5.75 Å². The van der Waals surface area contributed by atoms with E-state index in [1.165, 1.54) is 12.5 Å². The Hall–Kier alpha value is -2.63. The Bertz CT molecular complexity index is 848. The molecule has 0 unspecified atom stereocenters. The van der Waals surface area contributed by atoms with Crippen molar-refractivity contribution in [1.82, 2.24) is 4.90 Å². The maximum absolute atomic E-state index is 14.0. The van der Waals surface area contributed by atoms with E-state index < -0.39 is 11.6 Å². The van der Waals surface area contributed by atoms with E-state index in [1.807, 2.05) is 45.0 Å². The molecule has 2 aromatic carbocycles. The van der Waals surface area contributed by atoms with Crippen LogP contribution in [0.25, 0.3) is 0 Å². The summed E-state index contributed by atoms with van der Waals surface area (Å²) in [6, 6.07) is 10.6. The molecule has 6 heteroatoms. The Labute approximate surface area is 191 Å². The average Bonchev–Trinajstić information content (AvgIpc) is 2.72. The summed E-state index contributed by atoms with van der Waals surface area (Å²) in [4.78, 5) is 14.5. The number of unbranched alkanes of at least 4 members (excludes halogenated alkanes) is 4. The van der Waals surface area contributed by atoms with E-state index in [-0.39, 0.29) is 17.3 Å². The van der Waals surface area contributed by atoms with Gasteiger partial charge in [-0.25, -0.2) is 13.6 Å². The molecule has 2 rings (SSSR count). The van der Waals surface area contributed by atoms with Gasteiger partial charge in [0.15, 0.2) is 0 Å². The number of ether oxygens (including phenoxy) is 1. The number of nitrogens with one attached hydrogen (secondary N) is 1. The number of carbonyl (C=O) groups is 1. The molecule has 176 valence electrons. The molecule has 0 saturated heterocycles. The lowest BCUT2D eigenvalue weighted by Crippen LogP contribution is -2.37. The summed E-state index contributed by atoms with van der Waals surface area (Å²) in [6.45, 7) is 9.26. The lowest BCUT2D eigenvalue weighted by Gasteiger charge is -2.24. The number of hydrogen-bond acceptors (Lipinski definition) is 2. The van der Waals surface area contributed by atoms with Crippen molar-refractivity contribution in [1.29, 1.82) is 0 Å². The largest absolute Gasteiger partial charge is 0.488 e. The lowest BCUT2D eigenvalue weighted by molar-refractivity contribution is 0.131. The molecule has 1 N–H and O–H groups in total. The van der Waals surface area contributed by atoms with E-state index in [4.69, 9.17) is 4.74 Å². The number of rotatable bonds is 11. The molecule has 0 aliphatic heterocycles. The summed E-state index contributed by atoms with van der Waals surface area (Å²) in [7, 11) is 0. The summed E-state index contributed by atoms with van der Waals surface area (Å²) >= 11 is 0. The molecule has 0 fully saturated rings. The first-order chi connectivity index (χ1) is 15.2. The SMILES string of the molecule is CCCCCCCN(CCc1ccc(OC(C)(C)C)cc1)C(=O)Nc1ccc(F)cc1F. The monoisotopic (exact) mass is 446 g/mol. The van der Waals surface area contributed by atoms with Gasteiger partial charge in [-0.2, -0.15) is 0 Å². The van der Waals surface area contributed by atoms with Crippen molar-refractivity contribution >= 4 is 11.7 Å². The predicted molar refractivity (Wildman–Crippen MR) is 126 cm³/mol. The lowest BCUT2D eigenvalue weighted by atomic mass is 10.1. The average molecular weight is 447 g/mol. The third-order valence-electron chi connectivity index (χ3n) is 5.01. The molecule has 0 heterocycles. The predicted octanol–water partition coefficient (Wildman–Crippen LogP) is 7.19. The highest BCUT2D eigenvalue weighted by molar-refractivity contribution is 5.89. The summed E-state index contributed by atoms with van der Waals surface area (Å²) < 4.78 is 33.0. The van der Waals surface area contributed by atoms with Gasteiger partial charge in [-0.15, -0.1) is 0 Å². The number of urea groups is 1. The van der Waals surface area contributed by atoms with Crippen LogP contribution in [0.15, 0.2) is 42.5 Å². The number of halogens is 2. The van der Waals surface area contributed by atoms with E-state index in [1.54, 1.807) is 4.90 Å². The zero-order valence-electron chi connectivity index (χ0n) is 19.7. The topological polar surface area (TPSA) is 41.6 Å². The molecule has 0 saturated carbocycles. The minimum atomic E-state index is -0.782. The Kier molecular flexibility index (Phi) is 9.95. The first-order valence-corrected chi connectivity index (χ1v) is 11.5. The van der Waals surface area contributed by atoms with E-state index in [9.17, 15) is 13.6 Å². The third kappa shape index (κ3) is 9.25. The smallest absolute Gasteiger partial charge is 0.321 e. The minimum Gasteiger partial charge on any atom is -0.488 e. The van der Waals surface area contributed by atoms with Gasteiger partial charge >= 0.3 is 6.03 Å². The van der Waals surface area contributed by atoms with Crippen LogP contribution in [0.3, 0.4) is 0 Å². The van der Waals surface area contributed by atoms with Crippen molar-refractivity contribution in [2.75, 3.05) is 18.4 Å². The summed E-state index contributed by atoms with van der Waals surface area (Å²) in [5, 5.41) is 2.59. The maximum atomic E-state index is 14.0. The molecule has 0 aliphatic carbocycles. The molecule has 0 aliphatic rings. The van der Waals surface area contributed by atoms with Crippen LogP contribution in [-0.4, -0.2) is 29.6 Å². The van der Waals surface area contributed by atoms with Crippen LogP contribution in [0.1, 0.15) is 65.4 Å². The van der Waals surface area contributed by atoms with Gasteiger partial charge in [-0.1, -0.05) is 44.7 Å². The van der Waals surface area contributed by atoms with E-state index >= 15 is 0 Å². The molecule has 2 aromatic rings. The van der Waals surface area contributed by atoms with Gasteiger partial charge in [0.2, 0.25) is 0 Å². The summed E-state index contributed by atoms with van der Waals surface area (Å²) in [6.07, 6.45) is 6.07. The molecular formula is C26H36F2N2O2. The highest BCUT2D eigenvalue weighted by Crippen LogP contribution is 2.19. The standard InChI is InChI=1S/C26H36F2N2O2/c1-5-6-7-8-9-17-30(25(31)29-24-15-12-21(27)19-23(24)28)18-16-20-10-13-22(14-11-20)32-26(2,3)4/h10-15,19H,5-9,16-18H2,1-4H3,(H,29,31). The van der Waals surface area contributed by atoms with Crippen molar-refractivity contribution in [2.45, 2.75) is 71.8 Å². The van der Waals surface area contributed by atoms with Gasteiger partial charge in [-0.3, -0.25) is 0 Å².